The molecular formula is C19H20F3NO4. The molecule has 0 saturated carbocycles. The van der Waals surface area contributed by atoms with Crippen LogP contribution in [0.25, 0.3) is 11.1 Å². The summed E-state index contributed by atoms with van der Waals surface area (Å²) in [5.41, 5.74) is 7.14. The molecule has 146 valence electrons. The third-order valence-electron chi connectivity index (χ3n) is 3.73. The molecule has 0 spiro atoms. The van der Waals surface area contributed by atoms with E-state index in [0.717, 1.165) is 0 Å². The first-order chi connectivity index (χ1) is 12.7. The molecule has 0 radical (unpaired) electrons. The number of halogens is 3. The normalized spacial score (nSPS) is 12.4. The average Bonchev–Trinajstić information content (AvgIpc) is 2.61. The van der Waals surface area contributed by atoms with E-state index in [9.17, 15) is 18.0 Å². The fourth-order valence-corrected chi connectivity index (χ4v) is 2.53. The minimum absolute atomic E-state index is 0.0924. The minimum Gasteiger partial charge on any atom is -0.497 e. The molecule has 0 aliphatic heterocycles. The van der Waals surface area contributed by atoms with Crippen molar-refractivity contribution >= 4 is 5.97 Å². The Morgan fingerprint density at radius 3 is 2.56 bits per heavy atom. The number of methoxy groups -OCH3 is 1. The summed E-state index contributed by atoms with van der Waals surface area (Å²) in [5.74, 6) is -0.377. The standard InChI is InChI=1S/C19H20F3NO4/c1-3-26-18(24)11-16(23)13-7-8-17(27-19(20,21)22)15(10-13)12-5-4-6-14(9-12)25-2/h4-10,16H,3,11,23H2,1-2H3. The molecular weight excluding hydrogens is 363 g/mol. The number of benzene rings is 2. The van der Waals surface area contributed by atoms with Crippen LogP contribution in [-0.4, -0.2) is 26.0 Å². The highest BCUT2D eigenvalue weighted by atomic mass is 19.4. The van der Waals surface area contributed by atoms with Gasteiger partial charge in [0.1, 0.15) is 11.5 Å². The number of rotatable bonds is 7. The van der Waals surface area contributed by atoms with Gasteiger partial charge in [0.2, 0.25) is 0 Å². The van der Waals surface area contributed by atoms with E-state index in [1.807, 2.05) is 0 Å². The second-order valence-corrected chi connectivity index (χ2v) is 5.65. The zero-order valence-corrected chi connectivity index (χ0v) is 14.9. The molecule has 27 heavy (non-hydrogen) atoms. The molecule has 2 aromatic rings. The molecule has 2 aromatic carbocycles. The predicted molar refractivity (Wildman–Crippen MR) is 93.3 cm³/mol. The highest BCUT2D eigenvalue weighted by Gasteiger charge is 2.32. The number of hydrogen-bond donors (Lipinski definition) is 1. The summed E-state index contributed by atoms with van der Waals surface area (Å²) in [4.78, 5) is 11.6. The Morgan fingerprint density at radius 2 is 1.93 bits per heavy atom. The minimum atomic E-state index is -4.85. The van der Waals surface area contributed by atoms with Gasteiger partial charge >= 0.3 is 12.3 Å². The van der Waals surface area contributed by atoms with Gasteiger partial charge in [0.05, 0.1) is 20.1 Å². The van der Waals surface area contributed by atoms with E-state index < -0.39 is 18.4 Å². The van der Waals surface area contributed by atoms with Crippen molar-refractivity contribution in [1.82, 2.24) is 0 Å². The van der Waals surface area contributed by atoms with Crippen molar-refractivity contribution in [2.24, 2.45) is 5.73 Å². The van der Waals surface area contributed by atoms with Crippen LogP contribution in [0.1, 0.15) is 24.9 Å². The van der Waals surface area contributed by atoms with Gasteiger partial charge in [-0.05, 0) is 42.3 Å². The summed E-state index contributed by atoms with van der Waals surface area (Å²) in [6, 6.07) is 9.85. The number of nitrogens with two attached hydrogens (primary N) is 1. The molecule has 0 amide bonds. The number of carbonyl (C=O) groups excluding carboxylic acids is 1. The second-order valence-electron chi connectivity index (χ2n) is 5.65. The van der Waals surface area contributed by atoms with E-state index in [0.29, 0.717) is 16.9 Å². The van der Waals surface area contributed by atoms with E-state index in [1.165, 1.54) is 25.3 Å². The first-order valence-corrected chi connectivity index (χ1v) is 8.18. The Hall–Kier alpha value is -2.74. The summed E-state index contributed by atoms with van der Waals surface area (Å²) < 4.78 is 52.4. The largest absolute Gasteiger partial charge is 0.573 e. The SMILES string of the molecule is CCOC(=O)CC(N)c1ccc(OC(F)(F)F)c(-c2cccc(OC)c2)c1. The molecule has 2 rings (SSSR count). The van der Waals surface area contributed by atoms with Crippen LogP contribution in [0, 0.1) is 0 Å². The van der Waals surface area contributed by atoms with Crippen molar-refractivity contribution in [3.63, 3.8) is 0 Å². The van der Waals surface area contributed by atoms with Crippen LogP contribution in [0.3, 0.4) is 0 Å². The lowest BCUT2D eigenvalue weighted by atomic mass is 9.97. The van der Waals surface area contributed by atoms with E-state index in [4.69, 9.17) is 15.2 Å². The summed E-state index contributed by atoms with van der Waals surface area (Å²) in [6.07, 6.45) is -4.94. The third-order valence-corrected chi connectivity index (χ3v) is 3.73. The number of hydrogen-bond acceptors (Lipinski definition) is 5. The lowest BCUT2D eigenvalue weighted by Gasteiger charge is -2.17. The fraction of sp³-hybridized carbons (Fsp3) is 0.316. The Balaban J connectivity index is 2.44. The van der Waals surface area contributed by atoms with E-state index in [1.54, 1.807) is 31.2 Å². The van der Waals surface area contributed by atoms with Gasteiger partial charge in [0.15, 0.2) is 0 Å². The second kappa shape index (κ2) is 8.77. The Kier molecular flexibility index (Phi) is 6.68. The molecule has 0 aliphatic rings. The highest BCUT2D eigenvalue weighted by molar-refractivity contribution is 5.74. The van der Waals surface area contributed by atoms with Crippen LogP contribution in [0.5, 0.6) is 11.5 Å². The quantitative estimate of drug-likeness (QED) is 0.725. The van der Waals surface area contributed by atoms with Gasteiger partial charge in [0.25, 0.3) is 0 Å². The number of carbonyl (C=O) groups is 1. The van der Waals surface area contributed by atoms with Crippen LogP contribution in [0.15, 0.2) is 42.5 Å². The molecule has 5 nitrogen and oxygen atoms in total. The summed E-state index contributed by atoms with van der Waals surface area (Å²) in [7, 11) is 1.46. The van der Waals surface area contributed by atoms with Gasteiger partial charge in [-0.25, -0.2) is 0 Å². The summed E-state index contributed by atoms with van der Waals surface area (Å²) in [6.45, 7) is 1.90. The van der Waals surface area contributed by atoms with E-state index in [-0.39, 0.29) is 24.3 Å². The van der Waals surface area contributed by atoms with E-state index in [2.05, 4.69) is 4.74 Å². The Bertz CT molecular complexity index is 793. The van der Waals surface area contributed by atoms with Crippen molar-refractivity contribution in [3.8, 4) is 22.6 Å². The molecule has 2 N–H and O–H groups in total. The van der Waals surface area contributed by atoms with Crippen molar-refractivity contribution in [3.05, 3.63) is 48.0 Å². The Labute approximate surface area is 154 Å². The first kappa shape index (κ1) is 20.6. The summed E-state index contributed by atoms with van der Waals surface area (Å²) in [5, 5.41) is 0. The van der Waals surface area contributed by atoms with Gasteiger partial charge in [-0.2, -0.15) is 0 Å². The number of ether oxygens (including phenoxy) is 3. The maximum Gasteiger partial charge on any atom is 0.573 e. The maximum atomic E-state index is 12.8. The molecule has 0 saturated heterocycles. The van der Waals surface area contributed by atoms with Gasteiger partial charge in [0, 0.05) is 11.6 Å². The van der Waals surface area contributed by atoms with Crippen molar-refractivity contribution < 1.29 is 32.2 Å². The van der Waals surface area contributed by atoms with Crippen molar-refractivity contribution in [2.45, 2.75) is 25.7 Å². The van der Waals surface area contributed by atoms with Crippen LogP contribution >= 0.6 is 0 Å². The lowest BCUT2D eigenvalue weighted by Crippen LogP contribution is -2.19. The first-order valence-electron chi connectivity index (χ1n) is 8.18. The molecule has 1 atom stereocenters. The zero-order valence-electron chi connectivity index (χ0n) is 14.9. The predicted octanol–water partition coefficient (Wildman–Crippen LogP) is 4.21. The van der Waals surface area contributed by atoms with Gasteiger partial charge < -0.3 is 19.9 Å². The number of alkyl halides is 3. The topological polar surface area (TPSA) is 70.8 Å². The lowest BCUT2D eigenvalue weighted by molar-refractivity contribution is -0.274. The summed E-state index contributed by atoms with van der Waals surface area (Å²) >= 11 is 0. The zero-order chi connectivity index (χ0) is 20.0. The van der Waals surface area contributed by atoms with Crippen LogP contribution in [-0.2, 0) is 9.53 Å². The molecule has 0 fully saturated rings. The van der Waals surface area contributed by atoms with E-state index >= 15 is 0 Å². The molecule has 0 aliphatic carbocycles. The third kappa shape index (κ3) is 5.89. The fourth-order valence-electron chi connectivity index (χ4n) is 2.53. The number of esters is 1. The smallest absolute Gasteiger partial charge is 0.497 e. The monoisotopic (exact) mass is 383 g/mol. The highest BCUT2D eigenvalue weighted by Crippen LogP contribution is 2.37. The molecule has 0 bridgehead atoms. The average molecular weight is 383 g/mol. The molecule has 0 heterocycles. The van der Waals surface area contributed by atoms with Crippen LogP contribution < -0.4 is 15.2 Å². The van der Waals surface area contributed by atoms with Crippen molar-refractivity contribution in [2.75, 3.05) is 13.7 Å². The van der Waals surface area contributed by atoms with Crippen LogP contribution in [0.4, 0.5) is 13.2 Å². The molecule has 1 unspecified atom stereocenters. The van der Waals surface area contributed by atoms with Gasteiger partial charge in [-0.15, -0.1) is 13.2 Å². The van der Waals surface area contributed by atoms with Crippen molar-refractivity contribution in [1.29, 1.82) is 0 Å². The Morgan fingerprint density at radius 1 is 1.19 bits per heavy atom. The molecule has 0 aromatic heterocycles. The van der Waals surface area contributed by atoms with Crippen LogP contribution in [0.2, 0.25) is 0 Å². The molecule has 8 heteroatoms. The van der Waals surface area contributed by atoms with Gasteiger partial charge in [-0.1, -0.05) is 18.2 Å². The van der Waals surface area contributed by atoms with Gasteiger partial charge in [-0.3, -0.25) is 4.79 Å². The maximum absolute atomic E-state index is 12.8.